The molecule has 1 aromatic heterocycles. The lowest BCUT2D eigenvalue weighted by molar-refractivity contribution is 0.108. The summed E-state index contributed by atoms with van der Waals surface area (Å²) in [5, 5.41) is 3.36. The average Bonchev–Trinajstić information content (AvgIpc) is 2.99. The second kappa shape index (κ2) is 4.37. The minimum Gasteiger partial charge on any atom is -0.372 e. The van der Waals surface area contributed by atoms with Gasteiger partial charge in [0.1, 0.15) is 12.1 Å². The van der Waals surface area contributed by atoms with Crippen LogP contribution in [0, 0.1) is 5.92 Å². The van der Waals surface area contributed by atoms with Crippen LogP contribution in [0.25, 0.3) is 0 Å². The summed E-state index contributed by atoms with van der Waals surface area (Å²) < 4.78 is 5.61. The second-order valence-electron chi connectivity index (χ2n) is 4.65. The quantitative estimate of drug-likeness (QED) is 0.843. The molecule has 1 aromatic rings. The standard InChI is InChI=1S/C12H17N3O/c1-2-11(16-5-1)10-6-12(15-8-14-10)13-7-9-3-4-9/h6,8-9,11H,1-5,7H2,(H,13,14,15). The Kier molecular flexibility index (Phi) is 2.74. The third-order valence-corrected chi connectivity index (χ3v) is 3.22. The molecule has 2 aliphatic rings. The second-order valence-corrected chi connectivity index (χ2v) is 4.65. The van der Waals surface area contributed by atoms with Crippen molar-refractivity contribution in [3.63, 3.8) is 0 Å². The highest BCUT2D eigenvalue weighted by atomic mass is 16.5. The van der Waals surface area contributed by atoms with Gasteiger partial charge in [0.05, 0.1) is 11.8 Å². The highest BCUT2D eigenvalue weighted by Crippen LogP contribution is 2.30. The van der Waals surface area contributed by atoms with Crippen molar-refractivity contribution in [3.8, 4) is 0 Å². The van der Waals surface area contributed by atoms with Gasteiger partial charge in [0.15, 0.2) is 0 Å². The molecule has 1 saturated carbocycles. The summed E-state index contributed by atoms with van der Waals surface area (Å²) in [4.78, 5) is 8.52. The van der Waals surface area contributed by atoms with Gasteiger partial charge in [-0.3, -0.25) is 0 Å². The Bertz CT molecular complexity index is 359. The number of aromatic nitrogens is 2. The van der Waals surface area contributed by atoms with Crippen molar-refractivity contribution < 1.29 is 4.74 Å². The minimum absolute atomic E-state index is 0.185. The summed E-state index contributed by atoms with van der Waals surface area (Å²) in [5.74, 6) is 1.80. The molecule has 0 amide bonds. The predicted octanol–water partition coefficient (Wildman–Crippen LogP) is 2.15. The molecule has 2 fully saturated rings. The van der Waals surface area contributed by atoms with Gasteiger partial charge in [-0.05, 0) is 31.6 Å². The predicted molar refractivity (Wildman–Crippen MR) is 61.2 cm³/mol. The maximum atomic E-state index is 5.61. The van der Waals surface area contributed by atoms with Gasteiger partial charge in [-0.15, -0.1) is 0 Å². The molecule has 1 aliphatic heterocycles. The zero-order chi connectivity index (χ0) is 10.8. The summed E-state index contributed by atoms with van der Waals surface area (Å²) in [6, 6.07) is 2.03. The molecule has 0 bridgehead atoms. The van der Waals surface area contributed by atoms with E-state index in [1.807, 2.05) is 6.07 Å². The van der Waals surface area contributed by atoms with Crippen LogP contribution < -0.4 is 5.32 Å². The van der Waals surface area contributed by atoms with E-state index < -0.39 is 0 Å². The van der Waals surface area contributed by atoms with Crippen LogP contribution in [-0.4, -0.2) is 23.1 Å². The number of nitrogens with one attached hydrogen (secondary N) is 1. The number of hydrogen-bond acceptors (Lipinski definition) is 4. The maximum absolute atomic E-state index is 5.61. The van der Waals surface area contributed by atoms with Crippen molar-refractivity contribution in [3.05, 3.63) is 18.1 Å². The lowest BCUT2D eigenvalue weighted by atomic mass is 10.2. The third-order valence-electron chi connectivity index (χ3n) is 3.22. The van der Waals surface area contributed by atoms with Crippen LogP contribution >= 0.6 is 0 Å². The highest BCUT2D eigenvalue weighted by molar-refractivity contribution is 5.35. The van der Waals surface area contributed by atoms with Crippen LogP contribution in [0.3, 0.4) is 0 Å². The first-order chi connectivity index (χ1) is 7.92. The summed E-state index contributed by atoms with van der Waals surface area (Å²) in [5.41, 5.74) is 1.02. The molecule has 1 aliphatic carbocycles. The Hall–Kier alpha value is -1.16. The number of nitrogens with zero attached hydrogens (tertiary/aromatic N) is 2. The fraction of sp³-hybridized carbons (Fsp3) is 0.667. The molecule has 1 unspecified atom stereocenters. The fourth-order valence-corrected chi connectivity index (χ4v) is 2.03. The van der Waals surface area contributed by atoms with Crippen LogP contribution in [0.1, 0.15) is 37.5 Å². The molecule has 1 atom stereocenters. The largest absolute Gasteiger partial charge is 0.372 e. The number of anilines is 1. The Labute approximate surface area is 95.4 Å². The molecular weight excluding hydrogens is 202 g/mol. The van der Waals surface area contributed by atoms with Gasteiger partial charge < -0.3 is 10.1 Å². The van der Waals surface area contributed by atoms with E-state index in [9.17, 15) is 0 Å². The van der Waals surface area contributed by atoms with Crippen molar-refractivity contribution in [2.75, 3.05) is 18.5 Å². The molecule has 4 heteroatoms. The number of ether oxygens (including phenoxy) is 1. The van der Waals surface area contributed by atoms with Crippen molar-refractivity contribution in [1.29, 1.82) is 0 Å². The van der Waals surface area contributed by atoms with Gasteiger partial charge in [0.25, 0.3) is 0 Å². The zero-order valence-electron chi connectivity index (χ0n) is 9.35. The average molecular weight is 219 g/mol. The minimum atomic E-state index is 0.185. The topological polar surface area (TPSA) is 47.0 Å². The molecule has 86 valence electrons. The van der Waals surface area contributed by atoms with E-state index in [-0.39, 0.29) is 6.10 Å². The Morgan fingerprint density at radius 3 is 3.00 bits per heavy atom. The number of hydrogen-bond donors (Lipinski definition) is 1. The van der Waals surface area contributed by atoms with Crippen molar-refractivity contribution >= 4 is 5.82 Å². The summed E-state index contributed by atoms with van der Waals surface area (Å²) in [6.45, 7) is 1.90. The lowest BCUT2D eigenvalue weighted by Gasteiger charge is -2.10. The Morgan fingerprint density at radius 2 is 2.25 bits per heavy atom. The van der Waals surface area contributed by atoms with E-state index in [2.05, 4.69) is 15.3 Å². The van der Waals surface area contributed by atoms with Crippen LogP contribution in [-0.2, 0) is 4.74 Å². The molecule has 1 saturated heterocycles. The van der Waals surface area contributed by atoms with Gasteiger partial charge in [-0.25, -0.2) is 9.97 Å². The molecule has 16 heavy (non-hydrogen) atoms. The van der Waals surface area contributed by atoms with Gasteiger partial charge in [0.2, 0.25) is 0 Å². The first-order valence-electron chi connectivity index (χ1n) is 6.09. The SMILES string of the molecule is c1nc(NCC2CC2)cc(C2CCCO2)n1. The first kappa shape index (κ1) is 10.0. The van der Waals surface area contributed by atoms with E-state index in [0.29, 0.717) is 0 Å². The van der Waals surface area contributed by atoms with Gasteiger partial charge in [-0.2, -0.15) is 0 Å². The molecule has 2 heterocycles. The van der Waals surface area contributed by atoms with Crippen molar-refractivity contribution in [2.45, 2.75) is 31.8 Å². The van der Waals surface area contributed by atoms with Crippen LogP contribution in [0.15, 0.2) is 12.4 Å². The van der Waals surface area contributed by atoms with E-state index >= 15 is 0 Å². The van der Waals surface area contributed by atoms with Crippen molar-refractivity contribution in [1.82, 2.24) is 9.97 Å². The molecular formula is C12H17N3O. The lowest BCUT2D eigenvalue weighted by Crippen LogP contribution is -2.07. The zero-order valence-corrected chi connectivity index (χ0v) is 9.35. The van der Waals surface area contributed by atoms with Gasteiger partial charge >= 0.3 is 0 Å². The van der Waals surface area contributed by atoms with Gasteiger partial charge in [-0.1, -0.05) is 0 Å². The maximum Gasteiger partial charge on any atom is 0.129 e. The molecule has 3 rings (SSSR count). The van der Waals surface area contributed by atoms with Crippen LogP contribution in [0.5, 0.6) is 0 Å². The normalized spacial score (nSPS) is 24.6. The Balaban J connectivity index is 1.65. The van der Waals surface area contributed by atoms with E-state index in [4.69, 9.17) is 4.74 Å². The molecule has 0 spiro atoms. The fourth-order valence-electron chi connectivity index (χ4n) is 2.03. The summed E-state index contributed by atoms with van der Waals surface area (Å²) in [7, 11) is 0. The Morgan fingerprint density at radius 1 is 1.31 bits per heavy atom. The smallest absolute Gasteiger partial charge is 0.129 e. The van der Waals surface area contributed by atoms with Gasteiger partial charge in [0, 0.05) is 19.2 Å². The summed E-state index contributed by atoms with van der Waals surface area (Å²) >= 11 is 0. The van der Waals surface area contributed by atoms with Crippen LogP contribution in [0.4, 0.5) is 5.82 Å². The van der Waals surface area contributed by atoms with E-state index in [0.717, 1.165) is 43.4 Å². The third kappa shape index (κ3) is 2.32. The van der Waals surface area contributed by atoms with E-state index in [1.54, 1.807) is 6.33 Å². The van der Waals surface area contributed by atoms with Crippen LogP contribution in [0.2, 0.25) is 0 Å². The first-order valence-corrected chi connectivity index (χ1v) is 6.09. The number of rotatable bonds is 4. The highest BCUT2D eigenvalue weighted by Gasteiger charge is 2.22. The molecule has 4 nitrogen and oxygen atoms in total. The molecule has 1 N–H and O–H groups in total. The van der Waals surface area contributed by atoms with E-state index in [1.165, 1.54) is 12.8 Å². The molecule has 0 radical (unpaired) electrons. The summed E-state index contributed by atoms with van der Waals surface area (Å²) in [6.07, 6.45) is 6.75. The molecule has 0 aromatic carbocycles. The van der Waals surface area contributed by atoms with Crippen molar-refractivity contribution in [2.24, 2.45) is 5.92 Å². The monoisotopic (exact) mass is 219 g/mol.